The largest absolute Gasteiger partial charge is 0.490 e. The van der Waals surface area contributed by atoms with Gasteiger partial charge in [-0.2, -0.15) is 31.6 Å². The van der Waals surface area contributed by atoms with Gasteiger partial charge < -0.3 is 25.2 Å². The van der Waals surface area contributed by atoms with Crippen LogP contribution in [0.4, 0.5) is 30.7 Å². The molecule has 1 spiro atoms. The number of carbonyl (C=O) groups is 3. The Balaban J connectivity index is 0.000000522. The quantitative estimate of drug-likeness (QED) is 0.425. The standard InChI is InChI=1S/C21H29FN4O2.2C2HF3O2/c1-25(2)20(27)13-24-19-5-3-4-8-21(19)15-26(9-10-28-21)14-16-6-7-18(22)17(11-16)12-23;2*3-2(4,5)1(6)7/h6-7,11,19,24H,3-5,8-10,13-15H2,1-2H3;2*(H,6,7). The summed E-state index contributed by atoms with van der Waals surface area (Å²) in [5.41, 5.74) is 0.708. The number of hydrogen-bond donors (Lipinski definition) is 3. The fourth-order valence-electron chi connectivity index (χ4n) is 4.26. The van der Waals surface area contributed by atoms with Crippen LogP contribution in [-0.4, -0.2) is 102 Å². The molecule has 0 aromatic heterocycles. The molecular weight excluding hydrogens is 585 g/mol. The van der Waals surface area contributed by atoms with Crippen LogP contribution < -0.4 is 5.32 Å². The number of nitrogens with one attached hydrogen (secondary N) is 1. The number of aliphatic carboxylic acids is 2. The Kier molecular flexibility index (Phi) is 13.6. The topological polar surface area (TPSA) is 143 Å². The fourth-order valence-corrected chi connectivity index (χ4v) is 4.26. The first kappa shape index (κ1) is 36.5. The van der Waals surface area contributed by atoms with E-state index in [0.29, 0.717) is 19.7 Å². The lowest BCUT2D eigenvalue weighted by atomic mass is 9.78. The molecule has 1 heterocycles. The van der Waals surface area contributed by atoms with Crippen molar-refractivity contribution in [2.24, 2.45) is 0 Å². The van der Waals surface area contributed by atoms with Gasteiger partial charge in [0.05, 0.1) is 24.3 Å². The third-order valence-electron chi connectivity index (χ3n) is 6.31. The number of nitrogens with zero attached hydrogens (tertiary/aromatic N) is 3. The lowest BCUT2D eigenvalue weighted by Gasteiger charge is -2.50. The van der Waals surface area contributed by atoms with E-state index in [0.717, 1.165) is 44.3 Å². The van der Waals surface area contributed by atoms with Crippen LogP contribution in [0.5, 0.6) is 0 Å². The van der Waals surface area contributed by atoms with Crippen LogP contribution in [-0.2, 0) is 25.7 Å². The highest BCUT2D eigenvalue weighted by atomic mass is 19.4. The van der Waals surface area contributed by atoms with Gasteiger partial charge in [-0.25, -0.2) is 14.0 Å². The number of likely N-dealkylation sites (N-methyl/N-ethyl adjacent to an activating group) is 1. The third-order valence-corrected chi connectivity index (χ3v) is 6.31. The third kappa shape index (κ3) is 11.8. The van der Waals surface area contributed by atoms with Crippen molar-refractivity contribution in [3.8, 4) is 6.07 Å². The van der Waals surface area contributed by atoms with Gasteiger partial charge in [-0.05, 0) is 30.5 Å². The number of halogens is 7. The molecule has 1 aliphatic carbocycles. The zero-order valence-electron chi connectivity index (χ0n) is 22.7. The van der Waals surface area contributed by atoms with Crippen LogP contribution in [0.25, 0.3) is 0 Å². The van der Waals surface area contributed by atoms with E-state index in [4.69, 9.17) is 29.8 Å². The van der Waals surface area contributed by atoms with E-state index in [1.807, 2.05) is 6.07 Å². The highest BCUT2D eigenvalue weighted by Gasteiger charge is 2.45. The van der Waals surface area contributed by atoms with E-state index >= 15 is 0 Å². The van der Waals surface area contributed by atoms with Gasteiger partial charge in [-0.1, -0.05) is 18.9 Å². The molecule has 42 heavy (non-hydrogen) atoms. The molecule has 3 N–H and O–H groups in total. The Labute approximate surface area is 236 Å². The molecule has 2 aliphatic rings. The second-order valence-corrected chi connectivity index (χ2v) is 9.62. The minimum Gasteiger partial charge on any atom is -0.475 e. The van der Waals surface area contributed by atoms with Crippen molar-refractivity contribution in [3.05, 3.63) is 35.1 Å². The van der Waals surface area contributed by atoms with Gasteiger partial charge in [-0.15, -0.1) is 0 Å². The van der Waals surface area contributed by atoms with Crippen LogP contribution in [0, 0.1) is 17.1 Å². The van der Waals surface area contributed by atoms with Gasteiger partial charge in [0.25, 0.3) is 0 Å². The van der Waals surface area contributed by atoms with Gasteiger partial charge in [0.2, 0.25) is 5.91 Å². The molecular formula is C25H31F7N4O6. The van der Waals surface area contributed by atoms with Gasteiger partial charge >= 0.3 is 24.3 Å². The van der Waals surface area contributed by atoms with E-state index in [-0.39, 0.29) is 23.1 Å². The number of ether oxygens (including phenoxy) is 1. The molecule has 236 valence electrons. The molecule has 1 aromatic rings. The molecule has 2 unspecified atom stereocenters. The number of benzene rings is 1. The van der Waals surface area contributed by atoms with E-state index in [2.05, 4.69) is 10.2 Å². The van der Waals surface area contributed by atoms with Crippen molar-refractivity contribution in [2.75, 3.05) is 40.3 Å². The molecule has 2 fully saturated rings. The Morgan fingerprint density at radius 3 is 2.19 bits per heavy atom. The number of rotatable bonds is 5. The fraction of sp³-hybridized carbons (Fsp3) is 0.600. The van der Waals surface area contributed by atoms with Crippen LogP contribution >= 0.6 is 0 Å². The molecule has 1 saturated carbocycles. The summed E-state index contributed by atoms with van der Waals surface area (Å²) in [4.78, 5) is 33.7. The molecule has 1 aromatic carbocycles. The Hall–Kier alpha value is -3.49. The summed E-state index contributed by atoms with van der Waals surface area (Å²) in [5, 5.41) is 26.8. The Morgan fingerprint density at radius 1 is 1.12 bits per heavy atom. The predicted molar refractivity (Wildman–Crippen MR) is 131 cm³/mol. The summed E-state index contributed by atoms with van der Waals surface area (Å²) < 4.78 is 83.4. The van der Waals surface area contributed by atoms with Gasteiger partial charge in [0.15, 0.2) is 0 Å². The number of carboxylic acid groups (broad SMARTS) is 2. The molecule has 10 nitrogen and oxygen atoms in total. The van der Waals surface area contributed by atoms with Crippen LogP contribution in [0.3, 0.4) is 0 Å². The smallest absolute Gasteiger partial charge is 0.475 e. The van der Waals surface area contributed by atoms with Crippen molar-refractivity contribution >= 4 is 17.8 Å². The summed E-state index contributed by atoms with van der Waals surface area (Å²) >= 11 is 0. The summed E-state index contributed by atoms with van der Waals surface area (Å²) in [7, 11) is 3.52. The normalized spacial score (nSPS) is 20.7. The van der Waals surface area contributed by atoms with E-state index < -0.39 is 30.1 Å². The van der Waals surface area contributed by atoms with Crippen molar-refractivity contribution in [3.63, 3.8) is 0 Å². The molecule has 0 radical (unpaired) electrons. The Morgan fingerprint density at radius 2 is 1.69 bits per heavy atom. The maximum absolute atomic E-state index is 13.6. The SMILES string of the molecule is CN(C)C(=O)CNC1CCCCC12CN(Cc1ccc(F)c(C#N)c1)CCO2.O=C(O)C(F)(F)F.O=C(O)C(F)(F)F. The van der Waals surface area contributed by atoms with Gasteiger partial charge in [-0.3, -0.25) is 9.69 Å². The molecule has 0 bridgehead atoms. The molecule has 1 amide bonds. The molecule has 2 atom stereocenters. The van der Waals surface area contributed by atoms with E-state index in [1.54, 1.807) is 31.1 Å². The van der Waals surface area contributed by atoms with E-state index in [1.165, 1.54) is 6.07 Å². The number of nitriles is 1. The second kappa shape index (κ2) is 15.7. The van der Waals surface area contributed by atoms with Crippen LogP contribution in [0.1, 0.15) is 36.8 Å². The molecule has 1 saturated heterocycles. The predicted octanol–water partition coefficient (Wildman–Crippen LogP) is 3.16. The number of hydrogen-bond acceptors (Lipinski definition) is 7. The van der Waals surface area contributed by atoms with Crippen molar-refractivity contribution < 1.29 is 60.1 Å². The molecule has 3 rings (SSSR count). The first-order valence-corrected chi connectivity index (χ1v) is 12.4. The lowest BCUT2D eigenvalue weighted by Crippen LogP contribution is -2.63. The van der Waals surface area contributed by atoms with Crippen molar-refractivity contribution in [2.45, 2.75) is 56.2 Å². The van der Waals surface area contributed by atoms with Crippen LogP contribution in [0.15, 0.2) is 18.2 Å². The number of carbonyl (C=O) groups excluding carboxylic acids is 1. The number of carboxylic acids is 2. The summed E-state index contributed by atoms with van der Waals surface area (Å²) in [6.07, 6.45) is -5.97. The highest BCUT2D eigenvalue weighted by Crippen LogP contribution is 2.35. The number of alkyl halides is 6. The summed E-state index contributed by atoms with van der Waals surface area (Å²) in [5.74, 6) is -5.93. The zero-order chi connectivity index (χ0) is 32.3. The van der Waals surface area contributed by atoms with E-state index in [9.17, 15) is 35.5 Å². The summed E-state index contributed by atoms with van der Waals surface area (Å²) in [6.45, 7) is 3.16. The molecule has 1 aliphatic heterocycles. The molecule has 17 heteroatoms. The average molecular weight is 617 g/mol. The average Bonchev–Trinajstić information content (AvgIpc) is 2.89. The summed E-state index contributed by atoms with van der Waals surface area (Å²) in [6, 6.07) is 6.78. The lowest BCUT2D eigenvalue weighted by molar-refractivity contribution is -0.193. The first-order chi connectivity index (χ1) is 19.3. The maximum atomic E-state index is 13.6. The van der Waals surface area contributed by atoms with Crippen molar-refractivity contribution in [1.29, 1.82) is 5.26 Å². The zero-order valence-corrected chi connectivity index (χ0v) is 22.7. The highest BCUT2D eigenvalue weighted by molar-refractivity contribution is 5.77. The Bertz CT molecular complexity index is 1100. The monoisotopic (exact) mass is 616 g/mol. The number of amides is 1. The first-order valence-electron chi connectivity index (χ1n) is 12.4. The second-order valence-electron chi connectivity index (χ2n) is 9.62. The van der Waals surface area contributed by atoms with Gasteiger partial charge in [0.1, 0.15) is 11.9 Å². The number of morpholine rings is 1. The minimum absolute atomic E-state index is 0.0590. The van der Waals surface area contributed by atoms with Crippen LogP contribution in [0.2, 0.25) is 0 Å². The maximum Gasteiger partial charge on any atom is 0.490 e. The van der Waals surface area contributed by atoms with Crippen molar-refractivity contribution in [1.82, 2.24) is 15.1 Å². The minimum atomic E-state index is -5.08. The van der Waals surface area contributed by atoms with Gasteiger partial charge in [0, 0.05) is 39.8 Å².